The van der Waals surface area contributed by atoms with E-state index in [0.717, 1.165) is 12.8 Å². The number of hydrogen-bond donors (Lipinski definition) is 1. The minimum Gasteiger partial charge on any atom is -0.347 e. The van der Waals surface area contributed by atoms with Gasteiger partial charge in [-0.1, -0.05) is 31.0 Å². The second kappa shape index (κ2) is 6.02. The van der Waals surface area contributed by atoms with Gasteiger partial charge in [0, 0.05) is 5.54 Å². The molecule has 0 aliphatic carbocycles. The molecule has 1 aromatic rings. The van der Waals surface area contributed by atoms with Gasteiger partial charge in [0.25, 0.3) is 5.91 Å². The van der Waals surface area contributed by atoms with Crippen molar-refractivity contribution >= 4 is 23.2 Å². The van der Waals surface area contributed by atoms with Crippen molar-refractivity contribution in [1.29, 1.82) is 0 Å². The molecule has 19 heavy (non-hydrogen) atoms. The molecular formula is C13H17ClN2O3. The smallest absolute Gasteiger partial charge is 0.300 e. The molecule has 0 heterocycles. The lowest BCUT2D eigenvalue weighted by Crippen LogP contribution is -2.43. The van der Waals surface area contributed by atoms with Crippen molar-refractivity contribution in [2.24, 2.45) is 0 Å². The van der Waals surface area contributed by atoms with Crippen molar-refractivity contribution in [3.05, 3.63) is 38.9 Å². The predicted octanol–water partition coefficient (Wildman–Crippen LogP) is 3.56. The molecule has 0 aliphatic rings. The number of carbonyl (C=O) groups excluding carboxylic acids is 1. The lowest BCUT2D eigenvalue weighted by atomic mass is 9.98. The van der Waals surface area contributed by atoms with E-state index in [0.29, 0.717) is 0 Å². The molecule has 0 radical (unpaired) electrons. The number of carbonyl (C=O) groups is 1. The van der Waals surface area contributed by atoms with Crippen LogP contribution in [-0.4, -0.2) is 16.4 Å². The normalized spacial score (nSPS) is 11.2. The Labute approximate surface area is 117 Å². The van der Waals surface area contributed by atoms with Gasteiger partial charge in [-0.2, -0.15) is 0 Å². The number of hydrogen-bond acceptors (Lipinski definition) is 3. The van der Waals surface area contributed by atoms with Crippen LogP contribution < -0.4 is 5.32 Å². The zero-order valence-corrected chi connectivity index (χ0v) is 12.0. The molecule has 0 spiro atoms. The first-order valence-corrected chi connectivity index (χ1v) is 6.41. The molecule has 0 bridgehead atoms. The Balaban J connectivity index is 3.07. The highest BCUT2D eigenvalue weighted by atomic mass is 35.5. The second-order valence-electron chi connectivity index (χ2n) is 4.98. The van der Waals surface area contributed by atoms with Gasteiger partial charge < -0.3 is 5.32 Å². The molecule has 1 N–H and O–H groups in total. The van der Waals surface area contributed by atoms with E-state index in [4.69, 9.17) is 11.6 Å². The third kappa shape index (κ3) is 3.92. The van der Waals surface area contributed by atoms with Crippen molar-refractivity contribution in [1.82, 2.24) is 5.32 Å². The summed E-state index contributed by atoms with van der Waals surface area (Å²) < 4.78 is 0. The minimum absolute atomic E-state index is 0.0123. The molecule has 104 valence electrons. The molecule has 0 aromatic heterocycles. The first kappa shape index (κ1) is 15.4. The lowest BCUT2D eigenvalue weighted by Gasteiger charge is -2.25. The summed E-state index contributed by atoms with van der Waals surface area (Å²) in [6.45, 7) is 5.77. The average molecular weight is 285 g/mol. The number of halogens is 1. The molecular weight excluding hydrogens is 268 g/mol. The predicted molar refractivity (Wildman–Crippen MR) is 74.6 cm³/mol. The van der Waals surface area contributed by atoms with Gasteiger partial charge in [-0.15, -0.1) is 0 Å². The quantitative estimate of drug-likeness (QED) is 0.664. The maximum atomic E-state index is 12.1. The van der Waals surface area contributed by atoms with Crippen LogP contribution in [0.3, 0.4) is 0 Å². The van der Waals surface area contributed by atoms with Crippen LogP contribution in [0.15, 0.2) is 18.2 Å². The SMILES string of the molecule is CCCC(C)(C)NC(=O)c1cccc(Cl)c1[N+](=O)[O-]. The summed E-state index contributed by atoms with van der Waals surface area (Å²) in [5, 5.41) is 13.7. The summed E-state index contributed by atoms with van der Waals surface area (Å²) in [7, 11) is 0. The van der Waals surface area contributed by atoms with E-state index < -0.39 is 16.4 Å². The fourth-order valence-corrected chi connectivity index (χ4v) is 2.19. The Bertz CT molecular complexity index is 501. The number of nitrogens with zero attached hydrogens (tertiary/aromatic N) is 1. The zero-order valence-electron chi connectivity index (χ0n) is 11.2. The van der Waals surface area contributed by atoms with Gasteiger partial charge in [0.15, 0.2) is 0 Å². The van der Waals surface area contributed by atoms with Crippen molar-refractivity contribution in [3.8, 4) is 0 Å². The molecule has 1 rings (SSSR count). The highest BCUT2D eigenvalue weighted by Crippen LogP contribution is 2.28. The molecule has 1 amide bonds. The van der Waals surface area contributed by atoms with Crippen LogP contribution in [0.25, 0.3) is 0 Å². The number of para-hydroxylation sites is 1. The molecule has 6 heteroatoms. The van der Waals surface area contributed by atoms with Crippen LogP contribution in [-0.2, 0) is 0 Å². The van der Waals surface area contributed by atoms with Crippen LogP contribution in [0.1, 0.15) is 44.0 Å². The molecule has 0 fully saturated rings. The van der Waals surface area contributed by atoms with Gasteiger partial charge in [-0.3, -0.25) is 14.9 Å². The van der Waals surface area contributed by atoms with E-state index in [2.05, 4.69) is 5.32 Å². The Hall–Kier alpha value is -1.62. The van der Waals surface area contributed by atoms with Gasteiger partial charge in [0.2, 0.25) is 0 Å². The zero-order chi connectivity index (χ0) is 14.6. The van der Waals surface area contributed by atoms with Gasteiger partial charge in [0.05, 0.1) is 4.92 Å². The maximum Gasteiger partial charge on any atom is 0.300 e. The second-order valence-corrected chi connectivity index (χ2v) is 5.39. The lowest BCUT2D eigenvalue weighted by molar-refractivity contribution is -0.385. The topological polar surface area (TPSA) is 72.2 Å². The van der Waals surface area contributed by atoms with E-state index in [1.807, 2.05) is 20.8 Å². The fraction of sp³-hybridized carbons (Fsp3) is 0.462. The highest BCUT2D eigenvalue weighted by Gasteiger charge is 2.27. The number of benzene rings is 1. The minimum atomic E-state index is -0.635. The Morgan fingerprint density at radius 1 is 1.47 bits per heavy atom. The van der Waals surface area contributed by atoms with Crippen molar-refractivity contribution in [2.45, 2.75) is 39.2 Å². The Morgan fingerprint density at radius 2 is 2.11 bits per heavy atom. The van der Waals surface area contributed by atoms with E-state index in [9.17, 15) is 14.9 Å². The largest absolute Gasteiger partial charge is 0.347 e. The summed E-state index contributed by atoms with van der Waals surface area (Å²) >= 11 is 5.78. The number of nitro benzene ring substituents is 1. The van der Waals surface area contributed by atoms with Crippen LogP contribution in [0.2, 0.25) is 5.02 Å². The summed E-state index contributed by atoms with van der Waals surface area (Å²) in [6.07, 6.45) is 1.69. The molecule has 0 unspecified atom stereocenters. The van der Waals surface area contributed by atoms with Gasteiger partial charge in [-0.05, 0) is 32.4 Å². The van der Waals surface area contributed by atoms with Crippen LogP contribution in [0.5, 0.6) is 0 Å². The molecule has 0 atom stereocenters. The third-order valence-corrected chi connectivity index (χ3v) is 3.05. The Morgan fingerprint density at radius 3 is 2.63 bits per heavy atom. The summed E-state index contributed by atoms with van der Waals surface area (Å²) in [5.74, 6) is -0.479. The van der Waals surface area contributed by atoms with Crippen molar-refractivity contribution in [2.75, 3.05) is 0 Å². The van der Waals surface area contributed by atoms with E-state index in [1.165, 1.54) is 18.2 Å². The monoisotopic (exact) mass is 284 g/mol. The van der Waals surface area contributed by atoms with E-state index >= 15 is 0 Å². The maximum absolute atomic E-state index is 12.1. The fourth-order valence-electron chi connectivity index (χ4n) is 1.95. The van der Waals surface area contributed by atoms with Crippen LogP contribution in [0.4, 0.5) is 5.69 Å². The molecule has 0 aliphatic heterocycles. The van der Waals surface area contributed by atoms with Crippen molar-refractivity contribution in [3.63, 3.8) is 0 Å². The van der Waals surface area contributed by atoms with E-state index in [-0.39, 0.29) is 16.3 Å². The van der Waals surface area contributed by atoms with Gasteiger partial charge in [0.1, 0.15) is 10.6 Å². The number of amides is 1. The number of rotatable bonds is 5. The standard InChI is InChI=1S/C13H17ClN2O3/c1-4-8-13(2,3)15-12(17)9-6-5-7-10(14)11(9)16(18)19/h5-7H,4,8H2,1-3H3,(H,15,17). The molecule has 0 saturated heterocycles. The molecule has 1 aromatic carbocycles. The summed E-state index contributed by atoms with van der Waals surface area (Å²) in [4.78, 5) is 22.5. The van der Waals surface area contributed by atoms with Gasteiger partial charge >= 0.3 is 5.69 Å². The van der Waals surface area contributed by atoms with E-state index in [1.54, 1.807) is 0 Å². The summed E-state index contributed by atoms with van der Waals surface area (Å²) in [6, 6.07) is 4.33. The summed E-state index contributed by atoms with van der Waals surface area (Å²) in [5.41, 5.74) is -0.780. The number of nitro groups is 1. The number of nitrogens with one attached hydrogen (secondary N) is 1. The average Bonchev–Trinajstić information content (AvgIpc) is 2.27. The first-order chi connectivity index (χ1) is 8.78. The van der Waals surface area contributed by atoms with Crippen molar-refractivity contribution < 1.29 is 9.72 Å². The highest BCUT2D eigenvalue weighted by molar-refractivity contribution is 6.33. The van der Waals surface area contributed by atoms with Crippen LogP contribution in [0, 0.1) is 10.1 Å². The van der Waals surface area contributed by atoms with Gasteiger partial charge in [-0.25, -0.2) is 0 Å². The third-order valence-electron chi connectivity index (χ3n) is 2.74. The Kier molecular flexibility index (Phi) is 4.89. The molecule has 5 nitrogen and oxygen atoms in total. The molecule has 0 saturated carbocycles. The first-order valence-electron chi connectivity index (χ1n) is 6.04. The van der Waals surface area contributed by atoms with Crippen LogP contribution >= 0.6 is 11.6 Å².